The first-order valence-electron chi connectivity index (χ1n) is 9.77. The molecule has 1 unspecified atom stereocenters. The molecule has 28 heavy (non-hydrogen) atoms. The minimum Gasteiger partial charge on any atom is -0.403 e. The van der Waals surface area contributed by atoms with Crippen LogP contribution in [0.4, 0.5) is 10.1 Å². The second-order valence-corrected chi connectivity index (χ2v) is 7.46. The summed E-state index contributed by atoms with van der Waals surface area (Å²) in [6.45, 7) is 10.3. The van der Waals surface area contributed by atoms with Crippen molar-refractivity contribution >= 4 is 22.3 Å². The highest BCUT2D eigenvalue weighted by atomic mass is 19.1. The van der Waals surface area contributed by atoms with Crippen molar-refractivity contribution in [2.75, 3.05) is 0 Å². The molecule has 0 bridgehead atoms. The van der Waals surface area contributed by atoms with Crippen molar-refractivity contribution in [3.05, 3.63) is 66.3 Å². The number of nitrogens with two attached hydrogens (primary N) is 1. The van der Waals surface area contributed by atoms with Crippen molar-refractivity contribution in [3.63, 3.8) is 0 Å². The maximum absolute atomic E-state index is 13.4. The summed E-state index contributed by atoms with van der Waals surface area (Å²) in [5.41, 5.74) is 12.7. The summed E-state index contributed by atoms with van der Waals surface area (Å²) in [5, 5.41) is 1.01. The minimum atomic E-state index is -0.237. The number of aromatic amines is 1. The van der Waals surface area contributed by atoms with Crippen LogP contribution in [0.2, 0.25) is 0 Å². The number of benzene rings is 2. The summed E-state index contributed by atoms with van der Waals surface area (Å²) in [7, 11) is 0. The third-order valence-electron chi connectivity index (χ3n) is 5.30. The Balaban J connectivity index is 1.95. The van der Waals surface area contributed by atoms with Gasteiger partial charge in [0.2, 0.25) is 0 Å². The molecule has 1 heterocycles. The number of hydrogen-bond donors (Lipinski definition) is 2. The van der Waals surface area contributed by atoms with Gasteiger partial charge in [0.1, 0.15) is 5.82 Å². The molecule has 0 radical (unpaired) electrons. The molecule has 3 N–H and O–H groups in total. The lowest BCUT2D eigenvalue weighted by Crippen LogP contribution is -2.11. The van der Waals surface area contributed by atoms with Gasteiger partial charge < -0.3 is 10.7 Å². The van der Waals surface area contributed by atoms with Crippen molar-refractivity contribution in [3.8, 4) is 11.1 Å². The SMILES string of the molecule is C=C(N)CCC(=Nc1ccc(-c2c[nH]c3cc(F)ccc23)cc1C)C(C)CC. The van der Waals surface area contributed by atoms with Gasteiger partial charge in [0.15, 0.2) is 0 Å². The van der Waals surface area contributed by atoms with Crippen LogP contribution in [0.1, 0.15) is 38.7 Å². The third-order valence-corrected chi connectivity index (χ3v) is 5.30. The Kier molecular flexibility index (Phi) is 5.98. The number of fused-ring (bicyclic) bond motifs is 1. The predicted molar refractivity (Wildman–Crippen MR) is 118 cm³/mol. The molecule has 0 amide bonds. The highest BCUT2D eigenvalue weighted by Crippen LogP contribution is 2.32. The number of H-pyrrole nitrogens is 1. The molecule has 0 aliphatic heterocycles. The van der Waals surface area contributed by atoms with E-state index in [1.54, 1.807) is 0 Å². The number of aromatic nitrogens is 1. The minimum absolute atomic E-state index is 0.237. The molecule has 0 saturated carbocycles. The second-order valence-electron chi connectivity index (χ2n) is 7.46. The summed E-state index contributed by atoms with van der Waals surface area (Å²) in [4.78, 5) is 8.12. The fourth-order valence-corrected chi connectivity index (χ4v) is 3.38. The lowest BCUT2D eigenvalue weighted by atomic mass is 9.97. The van der Waals surface area contributed by atoms with Crippen LogP contribution in [0.25, 0.3) is 22.0 Å². The normalized spacial score (nSPS) is 13.1. The zero-order valence-electron chi connectivity index (χ0n) is 16.8. The summed E-state index contributed by atoms with van der Waals surface area (Å²) < 4.78 is 13.4. The topological polar surface area (TPSA) is 54.2 Å². The van der Waals surface area contributed by atoms with Gasteiger partial charge in [0.05, 0.1) is 5.69 Å². The van der Waals surface area contributed by atoms with E-state index in [1.165, 1.54) is 12.1 Å². The lowest BCUT2D eigenvalue weighted by molar-refractivity contribution is 0.629. The van der Waals surface area contributed by atoms with Gasteiger partial charge in [-0.25, -0.2) is 4.39 Å². The lowest BCUT2D eigenvalue weighted by Gasteiger charge is -2.14. The average molecular weight is 378 g/mol. The van der Waals surface area contributed by atoms with Crippen molar-refractivity contribution in [2.24, 2.45) is 16.6 Å². The van der Waals surface area contributed by atoms with Gasteiger partial charge >= 0.3 is 0 Å². The smallest absolute Gasteiger partial charge is 0.125 e. The molecule has 0 saturated heterocycles. The first-order valence-corrected chi connectivity index (χ1v) is 9.77. The monoisotopic (exact) mass is 377 g/mol. The van der Waals surface area contributed by atoms with E-state index in [9.17, 15) is 4.39 Å². The van der Waals surface area contributed by atoms with E-state index in [0.29, 0.717) is 11.6 Å². The number of aryl methyl sites for hydroxylation is 1. The number of halogens is 1. The molecular formula is C24H28FN3. The number of hydrogen-bond acceptors (Lipinski definition) is 2. The van der Waals surface area contributed by atoms with Gasteiger partial charge in [-0.15, -0.1) is 0 Å². The maximum atomic E-state index is 13.4. The summed E-state index contributed by atoms with van der Waals surface area (Å²) in [6.07, 6.45) is 4.56. The van der Waals surface area contributed by atoms with Crippen LogP contribution >= 0.6 is 0 Å². The molecule has 0 aliphatic rings. The Morgan fingerprint density at radius 3 is 2.68 bits per heavy atom. The molecule has 2 aromatic carbocycles. The zero-order chi connectivity index (χ0) is 20.3. The predicted octanol–water partition coefficient (Wildman–Crippen LogP) is 6.65. The van der Waals surface area contributed by atoms with Crippen molar-refractivity contribution in [1.82, 2.24) is 4.98 Å². The second kappa shape index (κ2) is 8.42. The maximum Gasteiger partial charge on any atom is 0.125 e. The molecule has 0 fully saturated rings. The van der Waals surface area contributed by atoms with Crippen molar-refractivity contribution in [1.29, 1.82) is 0 Å². The molecule has 3 aromatic rings. The van der Waals surface area contributed by atoms with E-state index in [0.717, 1.165) is 58.3 Å². The molecule has 1 aromatic heterocycles. The summed E-state index contributed by atoms with van der Waals surface area (Å²) >= 11 is 0. The van der Waals surface area contributed by atoms with Crippen LogP contribution in [0, 0.1) is 18.7 Å². The van der Waals surface area contributed by atoms with Gasteiger partial charge in [-0.1, -0.05) is 26.5 Å². The Labute approximate surface area is 166 Å². The molecule has 146 valence electrons. The van der Waals surface area contributed by atoms with Crippen LogP contribution in [-0.2, 0) is 0 Å². The Bertz CT molecular complexity index is 1030. The first kappa shape index (κ1) is 19.9. The Morgan fingerprint density at radius 1 is 1.21 bits per heavy atom. The molecule has 1 atom stereocenters. The Morgan fingerprint density at radius 2 is 2.00 bits per heavy atom. The number of nitrogens with one attached hydrogen (secondary N) is 1. The first-order chi connectivity index (χ1) is 13.4. The summed E-state index contributed by atoms with van der Waals surface area (Å²) in [5.74, 6) is 0.168. The molecule has 0 spiro atoms. The number of nitrogens with zero attached hydrogens (tertiary/aromatic N) is 1. The van der Waals surface area contributed by atoms with Crippen LogP contribution in [-0.4, -0.2) is 10.7 Å². The molecular weight excluding hydrogens is 349 g/mol. The van der Waals surface area contributed by atoms with Gasteiger partial charge in [0, 0.05) is 34.1 Å². The Hall–Kier alpha value is -2.88. The number of rotatable bonds is 7. The van der Waals surface area contributed by atoms with Crippen LogP contribution in [0.3, 0.4) is 0 Å². The molecule has 0 aliphatic carbocycles. The standard InChI is InChI=1S/C24H28FN3/c1-5-15(2)22(10-6-17(4)26)28-23-11-7-18(12-16(23)3)21-14-27-24-13-19(25)8-9-20(21)24/h7-9,11-15,27H,4-6,10,26H2,1-3H3. The molecule has 3 rings (SSSR count). The highest BCUT2D eigenvalue weighted by Gasteiger charge is 2.12. The number of aliphatic imine (C=N–C) groups is 1. The average Bonchev–Trinajstić information content (AvgIpc) is 3.08. The van der Waals surface area contributed by atoms with Gasteiger partial charge in [-0.05, 0) is 73.6 Å². The van der Waals surface area contributed by atoms with Crippen LogP contribution < -0.4 is 5.73 Å². The van der Waals surface area contributed by atoms with E-state index in [4.69, 9.17) is 10.7 Å². The van der Waals surface area contributed by atoms with Gasteiger partial charge in [-0.2, -0.15) is 0 Å². The van der Waals surface area contributed by atoms with Crippen molar-refractivity contribution in [2.45, 2.75) is 40.0 Å². The van der Waals surface area contributed by atoms with E-state index in [1.807, 2.05) is 12.3 Å². The van der Waals surface area contributed by atoms with Crippen molar-refractivity contribution < 1.29 is 4.39 Å². The van der Waals surface area contributed by atoms with E-state index >= 15 is 0 Å². The van der Waals surface area contributed by atoms with E-state index in [2.05, 4.69) is 50.5 Å². The fraction of sp³-hybridized carbons (Fsp3) is 0.292. The fourth-order valence-electron chi connectivity index (χ4n) is 3.38. The summed E-state index contributed by atoms with van der Waals surface area (Å²) in [6, 6.07) is 11.1. The molecule has 4 heteroatoms. The number of allylic oxidation sites excluding steroid dienone is 1. The van der Waals surface area contributed by atoms with Crippen LogP contribution in [0.5, 0.6) is 0 Å². The van der Waals surface area contributed by atoms with Gasteiger partial charge in [-0.3, -0.25) is 4.99 Å². The highest BCUT2D eigenvalue weighted by molar-refractivity contribution is 5.96. The largest absolute Gasteiger partial charge is 0.403 e. The van der Waals surface area contributed by atoms with E-state index in [-0.39, 0.29) is 5.82 Å². The molecule has 3 nitrogen and oxygen atoms in total. The quantitative estimate of drug-likeness (QED) is 0.445. The third kappa shape index (κ3) is 4.33. The van der Waals surface area contributed by atoms with E-state index < -0.39 is 0 Å². The van der Waals surface area contributed by atoms with Gasteiger partial charge in [0.25, 0.3) is 0 Å². The van der Waals surface area contributed by atoms with Crippen LogP contribution in [0.15, 0.2) is 59.9 Å². The zero-order valence-corrected chi connectivity index (χ0v) is 16.8.